The number of carbonyl (C=O) groups is 1. The Morgan fingerprint density at radius 3 is 2.55 bits per heavy atom. The molecule has 0 unspecified atom stereocenters. The van der Waals surface area contributed by atoms with Crippen LogP contribution in [-0.2, 0) is 0 Å². The van der Waals surface area contributed by atoms with E-state index < -0.39 is 0 Å². The number of carbonyl (C=O) groups excluding carboxylic acids is 1. The molecule has 3 heterocycles. The van der Waals surface area contributed by atoms with Crippen molar-refractivity contribution in [3.63, 3.8) is 0 Å². The van der Waals surface area contributed by atoms with Gasteiger partial charge in [-0.2, -0.15) is 14.5 Å². The summed E-state index contributed by atoms with van der Waals surface area (Å²) in [6, 6.07) is 19.6. The standard InChI is InChI=1S/C25H22N6OS/c1-15(2)31-23-20(14-26-31)19(13-21(27-23)18-12-8-7-9-16(18)3)24(32)29-25-28-22(30-33-25)17-10-5-4-6-11-17/h4-15H,1-3H3,(H,28,29,30,32). The SMILES string of the molecule is Cc1ccccc1-c1cc(C(=O)Nc2nc(-c3ccccc3)ns2)c2cnn(C(C)C)c2n1. The van der Waals surface area contributed by atoms with Crippen LogP contribution in [0, 0.1) is 6.92 Å². The first kappa shape index (κ1) is 21.0. The van der Waals surface area contributed by atoms with Crippen molar-refractivity contribution in [2.24, 2.45) is 0 Å². The largest absolute Gasteiger partial charge is 0.297 e. The molecule has 0 bridgehead atoms. The highest BCUT2D eigenvalue weighted by Gasteiger charge is 2.20. The molecule has 5 aromatic rings. The van der Waals surface area contributed by atoms with Crippen LogP contribution in [-0.4, -0.2) is 30.0 Å². The summed E-state index contributed by atoms with van der Waals surface area (Å²) in [6.07, 6.45) is 1.70. The maximum absolute atomic E-state index is 13.4. The zero-order valence-corrected chi connectivity index (χ0v) is 19.3. The number of hydrogen-bond acceptors (Lipinski definition) is 6. The van der Waals surface area contributed by atoms with Gasteiger partial charge in [0.1, 0.15) is 0 Å². The minimum Gasteiger partial charge on any atom is -0.297 e. The molecule has 7 nitrogen and oxygen atoms in total. The number of aryl methyl sites for hydroxylation is 1. The Kier molecular flexibility index (Phi) is 5.43. The second-order valence-corrected chi connectivity index (χ2v) is 8.79. The number of benzene rings is 2. The van der Waals surface area contributed by atoms with Gasteiger partial charge in [-0.05, 0) is 32.4 Å². The Labute approximate surface area is 195 Å². The average Bonchev–Trinajstić information content (AvgIpc) is 3.46. The van der Waals surface area contributed by atoms with Gasteiger partial charge < -0.3 is 0 Å². The van der Waals surface area contributed by atoms with Crippen molar-refractivity contribution in [1.29, 1.82) is 0 Å². The van der Waals surface area contributed by atoms with Gasteiger partial charge in [0, 0.05) is 28.7 Å². The highest BCUT2D eigenvalue weighted by Crippen LogP contribution is 2.29. The molecule has 8 heteroatoms. The van der Waals surface area contributed by atoms with Crippen molar-refractivity contribution in [2.75, 3.05) is 5.32 Å². The minimum atomic E-state index is -0.267. The summed E-state index contributed by atoms with van der Waals surface area (Å²) >= 11 is 1.16. The summed E-state index contributed by atoms with van der Waals surface area (Å²) in [6.45, 7) is 6.12. The van der Waals surface area contributed by atoms with E-state index in [1.807, 2.05) is 86.1 Å². The smallest absolute Gasteiger partial charge is 0.258 e. The van der Waals surface area contributed by atoms with E-state index in [0.29, 0.717) is 27.6 Å². The molecule has 0 fully saturated rings. The Hall–Kier alpha value is -3.91. The lowest BCUT2D eigenvalue weighted by molar-refractivity contribution is 0.102. The second kappa shape index (κ2) is 8.55. The van der Waals surface area contributed by atoms with Gasteiger partial charge in [-0.15, -0.1) is 0 Å². The Bertz CT molecular complexity index is 1450. The molecule has 0 aliphatic carbocycles. The number of anilines is 1. The molecule has 1 N–H and O–H groups in total. The zero-order valence-electron chi connectivity index (χ0n) is 18.5. The molecule has 0 saturated carbocycles. The van der Waals surface area contributed by atoms with E-state index in [4.69, 9.17) is 4.98 Å². The van der Waals surface area contributed by atoms with E-state index in [0.717, 1.165) is 33.9 Å². The lowest BCUT2D eigenvalue weighted by Crippen LogP contribution is -2.13. The fraction of sp³-hybridized carbons (Fsp3) is 0.160. The van der Waals surface area contributed by atoms with Gasteiger partial charge in [0.2, 0.25) is 5.13 Å². The van der Waals surface area contributed by atoms with Crippen molar-refractivity contribution in [3.05, 3.63) is 78.0 Å². The zero-order chi connectivity index (χ0) is 22.9. The predicted octanol–water partition coefficient (Wildman–Crippen LogP) is 5.76. The number of amides is 1. The fourth-order valence-corrected chi connectivity index (χ4v) is 4.31. The lowest BCUT2D eigenvalue weighted by Gasteiger charge is -2.11. The summed E-state index contributed by atoms with van der Waals surface area (Å²) in [4.78, 5) is 22.8. The van der Waals surface area contributed by atoms with E-state index in [-0.39, 0.29) is 11.9 Å². The highest BCUT2D eigenvalue weighted by molar-refractivity contribution is 7.10. The molecule has 0 aliphatic heterocycles. The normalized spacial score (nSPS) is 11.3. The molecule has 2 aromatic carbocycles. The number of hydrogen-bond donors (Lipinski definition) is 1. The number of aromatic nitrogens is 5. The molecule has 1 amide bonds. The first-order chi connectivity index (χ1) is 16.0. The monoisotopic (exact) mass is 454 g/mol. The van der Waals surface area contributed by atoms with E-state index in [9.17, 15) is 4.79 Å². The first-order valence-electron chi connectivity index (χ1n) is 10.7. The summed E-state index contributed by atoms with van der Waals surface area (Å²) in [5.74, 6) is 0.320. The predicted molar refractivity (Wildman–Crippen MR) is 131 cm³/mol. The third-order valence-electron chi connectivity index (χ3n) is 5.40. The van der Waals surface area contributed by atoms with E-state index >= 15 is 0 Å². The van der Waals surface area contributed by atoms with Crippen LogP contribution in [0.5, 0.6) is 0 Å². The van der Waals surface area contributed by atoms with Gasteiger partial charge in [0.15, 0.2) is 11.5 Å². The van der Waals surface area contributed by atoms with Crippen LogP contribution in [0.15, 0.2) is 66.9 Å². The maximum atomic E-state index is 13.4. The number of pyridine rings is 1. The van der Waals surface area contributed by atoms with E-state index in [1.54, 1.807) is 6.20 Å². The Morgan fingerprint density at radius 2 is 1.79 bits per heavy atom. The van der Waals surface area contributed by atoms with Crippen LogP contribution in [0.2, 0.25) is 0 Å². The molecule has 33 heavy (non-hydrogen) atoms. The minimum absolute atomic E-state index is 0.106. The molecule has 164 valence electrons. The van der Waals surface area contributed by atoms with Gasteiger partial charge in [-0.1, -0.05) is 54.6 Å². The van der Waals surface area contributed by atoms with Crippen LogP contribution in [0.1, 0.15) is 35.8 Å². The van der Waals surface area contributed by atoms with Crippen LogP contribution in [0.25, 0.3) is 33.7 Å². The fourth-order valence-electron chi connectivity index (χ4n) is 3.73. The topological polar surface area (TPSA) is 85.6 Å². The van der Waals surface area contributed by atoms with Crippen molar-refractivity contribution in [1.82, 2.24) is 24.1 Å². The van der Waals surface area contributed by atoms with Crippen LogP contribution in [0.3, 0.4) is 0 Å². The summed E-state index contributed by atoms with van der Waals surface area (Å²) in [5.41, 5.74) is 4.88. The molecule has 0 saturated heterocycles. The van der Waals surface area contributed by atoms with Gasteiger partial charge in [-0.3, -0.25) is 10.1 Å². The van der Waals surface area contributed by atoms with Gasteiger partial charge in [0.25, 0.3) is 5.91 Å². The molecule has 3 aromatic heterocycles. The van der Waals surface area contributed by atoms with Crippen LogP contribution >= 0.6 is 11.5 Å². The number of nitrogens with one attached hydrogen (secondary N) is 1. The third-order valence-corrected chi connectivity index (χ3v) is 6.03. The van der Waals surface area contributed by atoms with Crippen LogP contribution < -0.4 is 5.32 Å². The molecule has 0 atom stereocenters. The molecule has 0 radical (unpaired) electrons. The summed E-state index contributed by atoms with van der Waals surface area (Å²) in [7, 11) is 0. The molecule has 5 rings (SSSR count). The third kappa shape index (κ3) is 4.01. The number of rotatable bonds is 5. The molecule has 0 aliphatic rings. The van der Waals surface area contributed by atoms with Crippen molar-refractivity contribution in [2.45, 2.75) is 26.8 Å². The van der Waals surface area contributed by atoms with Crippen molar-refractivity contribution in [3.8, 4) is 22.6 Å². The molecular formula is C25H22N6OS. The van der Waals surface area contributed by atoms with Gasteiger partial charge in [0.05, 0.1) is 22.8 Å². The van der Waals surface area contributed by atoms with Gasteiger partial charge >= 0.3 is 0 Å². The van der Waals surface area contributed by atoms with Crippen molar-refractivity contribution < 1.29 is 4.79 Å². The summed E-state index contributed by atoms with van der Waals surface area (Å²) < 4.78 is 6.23. The average molecular weight is 455 g/mol. The van der Waals surface area contributed by atoms with E-state index in [2.05, 4.69) is 19.8 Å². The Balaban J connectivity index is 1.56. The Morgan fingerprint density at radius 1 is 1.03 bits per heavy atom. The highest BCUT2D eigenvalue weighted by atomic mass is 32.1. The van der Waals surface area contributed by atoms with Crippen molar-refractivity contribution >= 4 is 33.6 Å². The summed E-state index contributed by atoms with van der Waals surface area (Å²) in [5, 5.41) is 8.55. The quantitative estimate of drug-likeness (QED) is 0.365. The molecular weight excluding hydrogens is 432 g/mol. The lowest BCUT2D eigenvalue weighted by atomic mass is 10.0. The first-order valence-corrected chi connectivity index (χ1v) is 11.4. The second-order valence-electron chi connectivity index (χ2n) is 8.03. The van der Waals surface area contributed by atoms with E-state index in [1.165, 1.54) is 0 Å². The number of nitrogens with zero attached hydrogens (tertiary/aromatic N) is 5. The number of fused-ring (bicyclic) bond motifs is 1. The van der Waals surface area contributed by atoms with Crippen LogP contribution in [0.4, 0.5) is 5.13 Å². The molecule has 0 spiro atoms. The maximum Gasteiger partial charge on any atom is 0.258 e. The van der Waals surface area contributed by atoms with Gasteiger partial charge in [-0.25, -0.2) is 9.67 Å².